The lowest BCUT2D eigenvalue weighted by atomic mass is 9.82. The highest BCUT2D eigenvalue weighted by Gasteiger charge is 2.18. The molecule has 3 nitrogen and oxygen atoms in total. The van der Waals surface area contributed by atoms with Gasteiger partial charge in [0.2, 0.25) is 0 Å². The first kappa shape index (κ1) is 13.6. The summed E-state index contributed by atoms with van der Waals surface area (Å²) in [6.45, 7) is 8.04. The Morgan fingerprint density at radius 2 is 1.88 bits per heavy atom. The molecule has 0 aromatic heterocycles. The molecule has 0 bridgehead atoms. The first-order valence-corrected chi connectivity index (χ1v) is 5.87. The van der Waals surface area contributed by atoms with Crippen molar-refractivity contribution < 1.29 is 14.6 Å². The average molecular weight is 236 g/mol. The monoisotopic (exact) mass is 236 g/mol. The van der Waals surface area contributed by atoms with Crippen LogP contribution in [0.5, 0.6) is 5.75 Å². The maximum atomic E-state index is 10.7. The van der Waals surface area contributed by atoms with E-state index in [1.165, 1.54) is 12.5 Å². The number of carbonyl (C=O) groups is 1. The highest BCUT2D eigenvalue weighted by Crippen LogP contribution is 2.28. The van der Waals surface area contributed by atoms with E-state index >= 15 is 0 Å². The van der Waals surface area contributed by atoms with Crippen molar-refractivity contribution in [2.75, 3.05) is 0 Å². The molecular formula is C14H20O3. The minimum absolute atomic E-state index is 0.136. The molecular weight excluding hydrogens is 216 g/mol. The number of carboxylic acid groups (broad SMARTS) is 1. The molecule has 0 saturated heterocycles. The molecule has 1 N–H and O–H groups in total. The fraction of sp³-hybridized carbons (Fsp3) is 0.500. The van der Waals surface area contributed by atoms with Crippen LogP contribution in [0.4, 0.5) is 0 Å². The number of rotatable bonds is 5. The van der Waals surface area contributed by atoms with Gasteiger partial charge in [0.25, 0.3) is 0 Å². The van der Waals surface area contributed by atoms with Crippen LogP contribution >= 0.6 is 0 Å². The molecule has 0 saturated carbocycles. The minimum atomic E-state index is -0.956. The summed E-state index contributed by atoms with van der Waals surface area (Å²) in [5.41, 5.74) is 1.37. The molecule has 1 aromatic carbocycles. The molecule has 94 valence electrons. The van der Waals surface area contributed by atoms with E-state index in [0.717, 1.165) is 6.42 Å². The number of benzene rings is 1. The highest BCUT2D eigenvalue weighted by atomic mass is 16.5. The SMILES string of the molecule is CCC(C)(C)c1ccc(OC(C)C(=O)O)cc1. The Kier molecular flexibility index (Phi) is 4.16. The normalized spacial score (nSPS) is 13.2. The fourth-order valence-corrected chi connectivity index (χ4v) is 1.44. The lowest BCUT2D eigenvalue weighted by Gasteiger charge is -2.23. The number of aliphatic carboxylic acids is 1. The largest absolute Gasteiger partial charge is 0.479 e. The maximum absolute atomic E-state index is 10.7. The summed E-state index contributed by atoms with van der Waals surface area (Å²) in [6.07, 6.45) is 0.235. The molecule has 0 aliphatic rings. The second kappa shape index (κ2) is 5.21. The standard InChI is InChI=1S/C14H20O3/c1-5-14(3,4)11-6-8-12(9-7-11)17-10(2)13(15)16/h6-10H,5H2,1-4H3,(H,15,16). The molecule has 0 radical (unpaired) electrons. The molecule has 1 rings (SSSR count). The van der Waals surface area contributed by atoms with Crippen molar-refractivity contribution in [2.45, 2.75) is 45.6 Å². The fourth-order valence-electron chi connectivity index (χ4n) is 1.44. The molecule has 0 fully saturated rings. The van der Waals surface area contributed by atoms with Crippen molar-refractivity contribution in [2.24, 2.45) is 0 Å². The minimum Gasteiger partial charge on any atom is -0.479 e. The predicted molar refractivity (Wildman–Crippen MR) is 67.5 cm³/mol. The molecule has 1 atom stereocenters. The Bertz CT molecular complexity index is 379. The molecule has 0 amide bonds. The van der Waals surface area contributed by atoms with Gasteiger partial charge in [-0.05, 0) is 36.5 Å². The number of hydrogen-bond acceptors (Lipinski definition) is 2. The van der Waals surface area contributed by atoms with Gasteiger partial charge in [0.05, 0.1) is 0 Å². The van der Waals surface area contributed by atoms with Crippen LogP contribution in [-0.4, -0.2) is 17.2 Å². The van der Waals surface area contributed by atoms with Gasteiger partial charge < -0.3 is 9.84 Å². The van der Waals surface area contributed by atoms with E-state index in [1.54, 1.807) is 0 Å². The third-order valence-electron chi connectivity index (χ3n) is 3.18. The van der Waals surface area contributed by atoms with Gasteiger partial charge >= 0.3 is 5.97 Å². The van der Waals surface area contributed by atoms with E-state index in [9.17, 15) is 4.79 Å². The van der Waals surface area contributed by atoms with Gasteiger partial charge in [-0.15, -0.1) is 0 Å². The van der Waals surface area contributed by atoms with Gasteiger partial charge in [0.15, 0.2) is 6.10 Å². The number of ether oxygens (including phenoxy) is 1. The number of carboxylic acids is 1. The molecule has 1 aromatic rings. The predicted octanol–water partition coefficient (Wildman–Crippen LogP) is 3.23. The molecule has 17 heavy (non-hydrogen) atoms. The van der Waals surface area contributed by atoms with Crippen LogP contribution in [0.15, 0.2) is 24.3 Å². The van der Waals surface area contributed by atoms with Crippen molar-refractivity contribution in [3.8, 4) is 5.75 Å². The van der Waals surface area contributed by atoms with E-state index in [1.807, 2.05) is 24.3 Å². The molecule has 0 aliphatic carbocycles. The van der Waals surface area contributed by atoms with Crippen molar-refractivity contribution in [3.63, 3.8) is 0 Å². The zero-order valence-corrected chi connectivity index (χ0v) is 10.9. The van der Waals surface area contributed by atoms with Crippen LogP contribution in [0.25, 0.3) is 0 Å². The van der Waals surface area contributed by atoms with Crippen LogP contribution in [0, 0.1) is 0 Å². The van der Waals surface area contributed by atoms with E-state index < -0.39 is 12.1 Å². The van der Waals surface area contributed by atoms with Crippen LogP contribution in [0.3, 0.4) is 0 Å². The Morgan fingerprint density at radius 3 is 2.29 bits per heavy atom. The van der Waals surface area contributed by atoms with E-state index in [0.29, 0.717) is 5.75 Å². The summed E-state index contributed by atoms with van der Waals surface area (Å²) < 4.78 is 5.28. The summed E-state index contributed by atoms with van der Waals surface area (Å²) in [5, 5.41) is 8.74. The van der Waals surface area contributed by atoms with Gasteiger partial charge in [-0.25, -0.2) is 4.79 Å². The Labute approximate surface area is 102 Å². The lowest BCUT2D eigenvalue weighted by molar-refractivity contribution is -0.144. The van der Waals surface area contributed by atoms with Crippen molar-refractivity contribution >= 4 is 5.97 Å². The van der Waals surface area contributed by atoms with Gasteiger partial charge in [0.1, 0.15) is 5.75 Å². The van der Waals surface area contributed by atoms with Gasteiger partial charge in [-0.3, -0.25) is 0 Å². The highest BCUT2D eigenvalue weighted by molar-refractivity contribution is 5.72. The van der Waals surface area contributed by atoms with Crippen LogP contribution in [0.2, 0.25) is 0 Å². The second-order valence-electron chi connectivity index (χ2n) is 4.86. The van der Waals surface area contributed by atoms with Crippen LogP contribution < -0.4 is 4.74 Å². The quantitative estimate of drug-likeness (QED) is 0.853. The van der Waals surface area contributed by atoms with Gasteiger partial charge in [0, 0.05) is 0 Å². The summed E-state index contributed by atoms with van der Waals surface area (Å²) in [5.74, 6) is -0.362. The summed E-state index contributed by atoms with van der Waals surface area (Å²) in [6, 6.07) is 7.64. The second-order valence-corrected chi connectivity index (χ2v) is 4.86. The Balaban J connectivity index is 2.78. The zero-order chi connectivity index (χ0) is 13.1. The van der Waals surface area contributed by atoms with E-state index in [4.69, 9.17) is 9.84 Å². The average Bonchev–Trinajstić information content (AvgIpc) is 2.29. The topological polar surface area (TPSA) is 46.5 Å². The first-order chi connectivity index (χ1) is 7.86. The lowest BCUT2D eigenvalue weighted by Crippen LogP contribution is -2.23. The third kappa shape index (κ3) is 3.48. The molecule has 0 aliphatic heterocycles. The molecule has 0 heterocycles. The van der Waals surface area contributed by atoms with E-state index in [-0.39, 0.29) is 5.41 Å². The van der Waals surface area contributed by atoms with Crippen molar-refractivity contribution in [1.29, 1.82) is 0 Å². The van der Waals surface area contributed by atoms with Crippen molar-refractivity contribution in [1.82, 2.24) is 0 Å². The van der Waals surface area contributed by atoms with Crippen LogP contribution in [-0.2, 0) is 10.2 Å². The number of hydrogen-bond donors (Lipinski definition) is 1. The summed E-state index contributed by atoms with van der Waals surface area (Å²) in [7, 11) is 0. The van der Waals surface area contributed by atoms with Crippen molar-refractivity contribution in [3.05, 3.63) is 29.8 Å². The maximum Gasteiger partial charge on any atom is 0.344 e. The smallest absolute Gasteiger partial charge is 0.344 e. The Hall–Kier alpha value is -1.51. The Morgan fingerprint density at radius 1 is 1.35 bits per heavy atom. The van der Waals surface area contributed by atoms with E-state index in [2.05, 4.69) is 20.8 Å². The summed E-state index contributed by atoms with van der Waals surface area (Å²) in [4.78, 5) is 10.7. The zero-order valence-electron chi connectivity index (χ0n) is 10.9. The molecule has 0 spiro atoms. The molecule has 1 unspecified atom stereocenters. The van der Waals surface area contributed by atoms with Gasteiger partial charge in [-0.2, -0.15) is 0 Å². The van der Waals surface area contributed by atoms with Crippen LogP contribution in [0.1, 0.15) is 39.7 Å². The third-order valence-corrected chi connectivity index (χ3v) is 3.18. The molecule has 3 heteroatoms. The summed E-state index contributed by atoms with van der Waals surface area (Å²) >= 11 is 0. The van der Waals surface area contributed by atoms with Gasteiger partial charge in [-0.1, -0.05) is 32.9 Å². The first-order valence-electron chi connectivity index (χ1n) is 5.87.